The molecule has 0 saturated heterocycles. The molecule has 0 amide bonds. The van der Waals surface area contributed by atoms with E-state index in [0.29, 0.717) is 0 Å². The molecule has 0 bridgehead atoms. The topological polar surface area (TPSA) is 50.9 Å². The minimum atomic E-state index is 0.248. The van der Waals surface area contributed by atoms with E-state index in [4.69, 9.17) is 0 Å². The molecule has 102 valence electrons. The Labute approximate surface area is 117 Å². The minimum absolute atomic E-state index is 0.248. The fourth-order valence-corrected chi connectivity index (χ4v) is 2.49. The highest BCUT2D eigenvalue weighted by molar-refractivity contribution is 5.81. The maximum Gasteiger partial charge on any atom is 0.145 e. The second-order valence-electron chi connectivity index (χ2n) is 5.28. The number of pyridine rings is 1. The Kier molecular flexibility index (Phi) is 2.93. The molecule has 0 aliphatic rings. The van der Waals surface area contributed by atoms with E-state index in [0.717, 1.165) is 28.0 Å². The van der Waals surface area contributed by atoms with E-state index >= 15 is 0 Å². The standard InChI is InChI=1S/C16H17N3O/c1-10(2)19-14-6-7-17-9-13(14)18-16(19)12-8-11(3)4-5-15(12)20/h4-10,20H,1-3H3. The summed E-state index contributed by atoms with van der Waals surface area (Å²) in [5.74, 6) is 1.03. The predicted octanol–water partition coefficient (Wildman–Crippen LogP) is 3.69. The van der Waals surface area contributed by atoms with Crippen LogP contribution < -0.4 is 0 Å². The van der Waals surface area contributed by atoms with E-state index < -0.39 is 0 Å². The second kappa shape index (κ2) is 4.63. The molecule has 0 radical (unpaired) electrons. The number of aryl methyl sites for hydroxylation is 1. The number of rotatable bonds is 2. The van der Waals surface area contributed by atoms with Crippen LogP contribution in [0.15, 0.2) is 36.7 Å². The van der Waals surface area contributed by atoms with Gasteiger partial charge in [-0.15, -0.1) is 0 Å². The van der Waals surface area contributed by atoms with Crippen molar-refractivity contribution in [2.24, 2.45) is 0 Å². The lowest BCUT2D eigenvalue weighted by Gasteiger charge is -2.14. The van der Waals surface area contributed by atoms with Gasteiger partial charge in [0.1, 0.15) is 17.1 Å². The second-order valence-corrected chi connectivity index (χ2v) is 5.28. The number of hydrogen-bond acceptors (Lipinski definition) is 3. The van der Waals surface area contributed by atoms with Gasteiger partial charge in [0.05, 0.1) is 17.3 Å². The first-order chi connectivity index (χ1) is 9.58. The zero-order chi connectivity index (χ0) is 14.3. The Morgan fingerprint density at radius 1 is 1.20 bits per heavy atom. The molecule has 0 unspecified atom stereocenters. The Bertz CT molecular complexity index is 774. The van der Waals surface area contributed by atoms with Crippen molar-refractivity contribution in [1.82, 2.24) is 14.5 Å². The summed E-state index contributed by atoms with van der Waals surface area (Å²) >= 11 is 0. The van der Waals surface area contributed by atoms with Gasteiger partial charge in [-0.05, 0) is 39.0 Å². The first-order valence-electron chi connectivity index (χ1n) is 6.70. The highest BCUT2D eigenvalue weighted by atomic mass is 16.3. The van der Waals surface area contributed by atoms with Crippen LogP contribution >= 0.6 is 0 Å². The van der Waals surface area contributed by atoms with Crippen molar-refractivity contribution in [1.29, 1.82) is 0 Å². The van der Waals surface area contributed by atoms with E-state index in [2.05, 4.69) is 28.4 Å². The molecule has 3 aromatic rings. The number of hydrogen-bond donors (Lipinski definition) is 1. The molecule has 4 heteroatoms. The fraction of sp³-hybridized carbons (Fsp3) is 0.250. The number of aromatic nitrogens is 3. The summed E-state index contributed by atoms with van der Waals surface area (Å²) < 4.78 is 2.13. The van der Waals surface area contributed by atoms with Gasteiger partial charge >= 0.3 is 0 Å². The average molecular weight is 267 g/mol. The third-order valence-corrected chi connectivity index (χ3v) is 3.40. The molecule has 0 aliphatic carbocycles. The van der Waals surface area contributed by atoms with E-state index in [9.17, 15) is 5.11 Å². The Balaban J connectivity index is 2.35. The molecular weight excluding hydrogens is 250 g/mol. The molecule has 0 spiro atoms. The molecule has 0 atom stereocenters. The summed E-state index contributed by atoms with van der Waals surface area (Å²) in [5.41, 5.74) is 3.73. The number of aromatic hydroxyl groups is 1. The van der Waals surface area contributed by atoms with Crippen LogP contribution in [0.5, 0.6) is 5.75 Å². The largest absolute Gasteiger partial charge is 0.507 e. The van der Waals surface area contributed by atoms with Crippen molar-refractivity contribution in [3.05, 3.63) is 42.2 Å². The smallest absolute Gasteiger partial charge is 0.145 e. The number of imidazole rings is 1. The van der Waals surface area contributed by atoms with Gasteiger partial charge in [0, 0.05) is 12.2 Å². The van der Waals surface area contributed by atoms with Gasteiger partial charge in [0.2, 0.25) is 0 Å². The van der Waals surface area contributed by atoms with Gasteiger partial charge in [0.25, 0.3) is 0 Å². The summed E-state index contributed by atoms with van der Waals surface area (Å²) in [4.78, 5) is 8.77. The third-order valence-electron chi connectivity index (χ3n) is 3.40. The van der Waals surface area contributed by atoms with Crippen molar-refractivity contribution >= 4 is 11.0 Å². The van der Waals surface area contributed by atoms with E-state index in [1.807, 2.05) is 25.1 Å². The summed E-state index contributed by atoms with van der Waals surface area (Å²) in [6.45, 7) is 6.22. The van der Waals surface area contributed by atoms with Crippen molar-refractivity contribution in [3.8, 4) is 17.1 Å². The maximum atomic E-state index is 10.2. The lowest BCUT2D eigenvalue weighted by Crippen LogP contribution is -2.03. The summed E-state index contributed by atoms with van der Waals surface area (Å²) in [6, 6.07) is 7.77. The van der Waals surface area contributed by atoms with Crippen LogP contribution in [-0.2, 0) is 0 Å². The van der Waals surface area contributed by atoms with Crippen LogP contribution in [0, 0.1) is 6.92 Å². The molecule has 2 heterocycles. The van der Waals surface area contributed by atoms with Gasteiger partial charge in [-0.2, -0.15) is 0 Å². The van der Waals surface area contributed by atoms with Crippen LogP contribution in [0.2, 0.25) is 0 Å². The first kappa shape index (κ1) is 12.7. The van der Waals surface area contributed by atoms with Crippen molar-refractivity contribution in [2.45, 2.75) is 26.8 Å². The minimum Gasteiger partial charge on any atom is -0.507 e. The number of benzene rings is 1. The van der Waals surface area contributed by atoms with Gasteiger partial charge in [0.15, 0.2) is 0 Å². The van der Waals surface area contributed by atoms with Gasteiger partial charge in [-0.3, -0.25) is 4.98 Å². The number of phenols is 1. The molecular formula is C16H17N3O. The average Bonchev–Trinajstić information content (AvgIpc) is 2.80. The Morgan fingerprint density at radius 3 is 2.75 bits per heavy atom. The van der Waals surface area contributed by atoms with Gasteiger partial charge < -0.3 is 9.67 Å². The highest BCUT2D eigenvalue weighted by Gasteiger charge is 2.17. The lowest BCUT2D eigenvalue weighted by molar-refractivity contribution is 0.476. The third kappa shape index (κ3) is 1.93. The first-order valence-corrected chi connectivity index (χ1v) is 6.70. The van der Waals surface area contributed by atoms with E-state index in [1.54, 1.807) is 18.5 Å². The molecule has 1 aromatic carbocycles. The molecule has 3 rings (SSSR count). The molecule has 2 aromatic heterocycles. The molecule has 0 fully saturated rings. The summed E-state index contributed by atoms with van der Waals surface area (Å²) in [5, 5.41) is 10.2. The summed E-state index contributed by atoms with van der Waals surface area (Å²) in [7, 11) is 0. The zero-order valence-corrected chi connectivity index (χ0v) is 11.8. The quantitative estimate of drug-likeness (QED) is 0.770. The molecule has 4 nitrogen and oxygen atoms in total. The SMILES string of the molecule is Cc1ccc(O)c(-c2nc3cnccc3n2C(C)C)c1. The van der Waals surface area contributed by atoms with Crippen molar-refractivity contribution in [3.63, 3.8) is 0 Å². The van der Waals surface area contributed by atoms with E-state index in [-0.39, 0.29) is 11.8 Å². The van der Waals surface area contributed by atoms with Crippen LogP contribution in [0.25, 0.3) is 22.4 Å². The van der Waals surface area contributed by atoms with Crippen molar-refractivity contribution < 1.29 is 5.11 Å². The molecule has 20 heavy (non-hydrogen) atoms. The van der Waals surface area contributed by atoms with Crippen LogP contribution in [0.3, 0.4) is 0 Å². The fourth-order valence-electron chi connectivity index (χ4n) is 2.49. The zero-order valence-electron chi connectivity index (χ0n) is 11.8. The molecule has 0 saturated carbocycles. The van der Waals surface area contributed by atoms with Crippen LogP contribution in [0.4, 0.5) is 0 Å². The highest BCUT2D eigenvalue weighted by Crippen LogP contribution is 2.33. The lowest BCUT2D eigenvalue weighted by atomic mass is 10.1. The maximum absolute atomic E-state index is 10.2. The normalized spacial score (nSPS) is 11.4. The van der Waals surface area contributed by atoms with Crippen LogP contribution in [0.1, 0.15) is 25.5 Å². The predicted molar refractivity (Wildman–Crippen MR) is 79.8 cm³/mol. The summed E-state index contributed by atoms with van der Waals surface area (Å²) in [6.07, 6.45) is 3.52. The Hall–Kier alpha value is -2.36. The van der Waals surface area contributed by atoms with Gasteiger partial charge in [-0.25, -0.2) is 4.98 Å². The Morgan fingerprint density at radius 2 is 2.00 bits per heavy atom. The molecule has 1 N–H and O–H groups in total. The van der Waals surface area contributed by atoms with Crippen molar-refractivity contribution in [2.75, 3.05) is 0 Å². The van der Waals surface area contributed by atoms with Gasteiger partial charge in [-0.1, -0.05) is 11.6 Å². The number of phenolic OH excluding ortho intramolecular Hbond substituents is 1. The molecule has 0 aliphatic heterocycles. The monoisotopic (exact) mass is 267 g/mol. The van der Waals surface area contributed by atoms with Crippen LogP contribution in [-0.4, -0.2) is 19.6 Å². The number of fused-ring (bicyclic) bond motifs is 1. The number of nitrogens with zero attached hydrogens (tertiary/aromatic N) is 3. The van der Waals surface area contributed by atoms with E-state index in [1.165, 1.54) is 0 Å².